The van der Waals surface area contributed by atoms with Gasteiger partial charge in [0.05, 0.1) is 11.4 Å². The van der Waals surface area contributed by atoms with Crippen LogP contribution in [0.3, 0.4) is 0 Å². The highest BCUT2D eigenvalue weighted by atomic mass is 32.2. The number of anilines is 1. The zero-order valence-electron chi connectivity index (χ0n) is 12.2. The van der Waals surface area contributed by atoms with E-state index in [-0.39, 0.29) is 0 Å². The summed E-state index contributed by atoms with van der Waals surface area (Å²) >= 11 is 1.69. The summed E-state index contributed by atoms with van der Waals surface area (Å²) in [7, 11) is 0. The molecule has 0 amide bonds. The van der Waals surface area contributed by atoms with Gasteiger partial charge in [-0.15, -0.1) is 0 Å². The third-order valence-corrected chi connectivity index (χ3v) is 4.36. The van der Waals surface area contributed by atoms with Crippen molar-refractivity contribution in [3.05, 3.63) is 35.0 Å². The summed E-state index contributed by atoms with van der Waals surface area (Å²) in [4.78, 5) is 1.21. The largest absolute Gasteiger partial charge is 0.395 e. The molecule has 0 spiro atoms. The van der Waals surface area contributed by atoms with Crippen LogP contribution in [0.1, 0.15) is 36.7 Å². The molecule has 0 fully saturated rings. The molecular formula is C15H21N3S. The summed E-state index contributed by atoms with van der Waals surface area (Å²) in [5.41, 5.74) is 10.5. The summed E-state index contributed by atoms with van der Waals surface area (Å²) in [6.45, 7) is 10.5. The lowest BCUT2D eigenvalue weighted by atomic mass is 10.1. The summed E-state index contributed by atoms with van der Waals surface area (Å²) < 4.78 is 2.00. The quantitative estimate of drug-likeness (QED) is 0.916. The van der Waals surface area contributed by atoms with Crippen LogP contribution in [-0.2, 0) is 0 Å². The van der Waals surface area contributed by atoms with Gasteiger partial charge in [-0.1, -0.05) is 17.8 Å². The molecule has 1 heterocycles. The monoisotopic (exact) mass is 275 g/mol. The summed E-state index contributed by atoms with van der Waals surface area (Å²) in [5.74, 6) is 0. The maximum absolute atomic E-state index is 6.15. The third-order valence-electron chi connectivity index (χ3n) is 3.27. The number of aromatic nitrogens is 2. The van der Waals surface area contributed by atoms with E-state index in [0.29, 0.717) is 6.04 Å². The van der Waals surface area contributed by atoms with Gasteiger partial charge < -0.3 is 5.73 Å². The third kappa shape index (κ3) is 2.78. The number of nitrogen functional groups attached to an aromatic ring is 1. The molecule has 0 saturated carbocycles. The molecule has 2 rings (SSSR count). The molecule has 0 aliphatic carbocycles. The number of hydrogen-bond acceptors (Lipinski definition) is 3. The molecular weight excluding hydrogens is 254 g/mol. The molecule has 0 saturated heterocycles. The number of nitrogens with zero attached hydrogens (tertiary/aromatic N) is 2. The molecule has 19 heavy (non-hydrogen) atoms. The van der Waals surface area contributed by atoms with E-state index in [4.69, 9.17) is 5.73 Å². The van der Waals surface area contributed by atoms with Gasteiger partial charge in [-0.25, -0.2) is 0 Å². The number of hydrogen-bond donors (Lipinski definition) is 1. The zero-order chi connectivity index (χ0) is 14.2. The van der Waals surface area contributed by atoms with Gasteiger partial charge in [0.2, 0.25) is 0 Å². The fourth-order valence-corrected chi connectivity index (χ4v) is 3.08. The van der Waals surface area contributed by atoms with Gasteiger partial charge in [0.25, 0.3) is 0 Å². The first kappa shape index (κ1) is 14.0. The van der Waals surface area contributed by atoms with E-state index < -0.39 is 0 Å². The van der Waals surface area contributed by atoms with Gasteiger partial charge in [0, 0.05) is 10.9 Å². The van der Waals surface area contributed by atoms with Crippen LogP contribution in [0.25, 0.3) is 0 Å². The van der Waals surface area contributed by atoms with Crippen molar-refractivity contribution in [2.24, 2.45) is 0 Å². The highest BCUT2D eigenvalue weighted by Crippen LogP contribution is 2.35. The highest BCUT2D eigenvalue weighted by molar-refractivity contribution is 7.99. The molecule has 102 valence electrons. The van der Waals surface area contributed by atoms with Crippen molar-refractivity contribution in [2.75, 3.05) is 5.73 Å². The van der Waals surface area contributed by atoms with E-state index in [1.807, 2.05) is 11.6 Å². The smallest absolute Gasteiger partial charge is 0.122 e. The standard InChI is InChI=1S/C15H21N3S/c1-9(2)18-15(14(16)12(5)17-18)19-13-7-6-10(3)11(4)8-13/h6-9H,16H2,1-5H3. The van der Waals surface area contributed by atoms with Crippen molar-refractivity contribution < 1.29 is 0 Å². The van der Waals surface area contributed by atoms with Crippen LogP contribution in [0.5, 0.6) is 0 Å². The van der Waals surface area contributed by atoms with Crippen molar-refractivity contribution >= 4 is 17.4 Å². The Morgan fingerprint density at radius 3 is 2.42 bits per heavy atom. The maximum Gasteiger partial charge on any atom is 0.122 e. The van der Waals surface area contributed by atoms with Gasteiger partial charge in [0.15, 0.2) is 0 Å². The van der Waals surface area contributed by atoms with Crippen LogP contribution in [0.4, 0.5) is 5.69 Å². The van der Waals surface area contributed by atoms with Gasteiger partial charge >= 0.3 is 0 Å². The van der Waals surface area contributed by atoms with Gasteiger partial charge in [0.1, 0.15) is 5.03 Å². The molecule has 0 aliphatic heterocycles. The lowest BCUT2D eigenvalue weighted by Gasteiger charge is -2.11. The van der Waals surface area contributed by atoms with E-state index in [9.17, 15) is 0 Å². The molecule has 0 radical (unpaired) electrons. The van der Waals surface area contributed by atoms with Crippen LogP contribution in [0, 0.1) is 20.8 Å². The first-order chi connectivity index (χ1) is 8.90. The fraction of sp³-hybridized carbons (Fsp3) is 0.400. The maximum atomic E-state index is 6.15. The Morgan fingerprint density at radius 1 is 1.16 bits per heavy atom. The first-order valence-corrected chi connectivity index (χ1v) is 7.31. The number of rotatable bonds is 3. The zero-order valence-corrected chi connectivity index (χ0v) is 13.0. The first-order valence-electron chi connectivity index (χ1n) is 6.50. The second kappa shape index (κ2) is 5.29. The number of benzene rings is 1. The van der Waals surface area contributed by atoms with Crippen LogP contribution < -0.4 is 5.73 Å². The summed E-state index contributed by atoms with van der Waals surface area (Å²) in [5, 5.41) is 5.55. The van der Waals surface area contributed by atoms with E-state index >= 15 is 0 Å². The molecule has 4 heteroatoms. The van der Waals surface area contributed by atoms with Crippen LogP contribution in [-0.4, -0.2) is 9.78 Å². The molecule has 2 N–H and O–H groups in total. The topological polar surface area (TPSA) is 43.8 Å². The SMILES string of the molecule is Cc1ccc(Sc2c(N)c(C)nn2C(C)C)cc1C. The Hall–Kier alpha value is -1.42. The average molecular weight is 275 g/mol. The van der Waals surface area contributed by atoms with E-state index in [1.165, 1.54) is 16.0 Å². The van der Waals surface area contributed by atoms with E-state index in [2.05, 4.69) is 51.0 Å². The molecule has 2 aromatic rings. The van der Waals surface area contributed by atoms with Crippen molar-refractivity contribution in [3.8, 4) is 0 Å². The molecule has 0 atom stereocenters. The molecule has 1 aromatic carbocycles. The van der Waals surface area contributed by atoms with Gasteiger partial charge in [-0.05, 0) is 57.9 Å². The predicted molar refractivity (Wildman–Crippen MR) is 81.8 cm³/mol. The van der Waals surface area contributed by atoms with Crippen molar-refractivity contribution in [1.82, 2.24) is 9.78 Å². The lowest BCUT2D eigenvalue weighted by Crippen LogP contribution is -2.04. The van der Waals surface area contributed by atoms with E-state index in [1.54, 1.807) is 11.8 Å². The molecule has 0 bridgehead atoms. The van der Waals surface area contributed by atoms with Crippen LogP contribution >= 0.6 is 11.8 Å². The Morgan fingerprint density at radius 2 is 1.84 bits per heavy atom. The number of nitrogens with two attached hydrogens (primary N) is 1. The second-order valence-electron chi connectivity index (χ2n) is 5.19. The summed E-state index contributed by atoms with van der Waals surface area (Å²) in [6, 6.07) is 6.80. The highest BCUT2D eigenvalue weighted by Gasteiger charge is 2.16. The lowest BCUT2D eigenvalue weighted by molar-refractivity contribution is 0.491. The molecule has 0 unspecified atom stereocenters. The van der Waals surface area contributed by atoms with Crippen molar-refractivity contribution in [3.63, 3.8) is 0 Å². The van der Waals surface area contributed by atoms with Crippen LogP contribution in [0.15, 0.2) is 28.1 Å². The van der Waals surface area contributed by atoms with Crippen LogP contribution in [0.2, 0.25) is 0 Å². The van der Waals surface area contributed by atoms with Crippen molar-refractivity contribution in [2.45, 2.75) is 50.6 Å². The Bertz CT molecular complexity index is 600. The van der Waals surface area contributed by atoms with Gasteiger partial charge in [-0.3, -0.25) is 4.68 Å². The Labute approximate surface area is 119 Å². The Balaban J connectivity index is 2.40. The normalized spacial score (nSPS) is 11.3. The Kier molecular flexibility index (Phi) is 3.90. The van der Waals surface area contributed by atoms with E-state index in [0.717, 1.165) is 16.4 Å². The predicted octanol–water partition coefficient (Wildman–Crippen LogP) is 4.12. The fourth-order valence-electron chi connectivity index (χ4n) is 1.88. The molecule has 0 aliphatic rings. The summed E-state index contributed by atoms with van der Waals surface area (Å²) in [6.07, 6.45) is 0. The van der Waals surface area contributed by atoms with Gasteiger partial charge in [-0.2, -0.15) is 5.10 Å². The number of aryl methyl sites for hydroxylation is 3. The molecule has 1 aromatic heterocycles. The molecule has 3 nitrogen and oxygen atoms in total. The minimum absolute atomic E-state index is 0.310. The minimum atomic E-state index is 0.310. The second-order valence-corrected chi connectivity index (χ2v) is 6.25. The average Bonchev–Trinajstić information content (AvgIpc) is 2.62. The van der Waals surface area contributed by atoms with Crippen molar-refractivity contribution in [1.29, 1.82) is 0 Å². The minimum Gasteiger partial charge on any atom is -0.395 e.